The number of nitrogens with zero attached hydrogens (tertiary/aromatic N) is 7. The molecule has 0 atom stereocenters. The summed E-state index contributed by atoms with van der Waals surface area (Å²) in [6.45, 7) is 4.11. The fourth-order valence-corrected chi connectivity index (χ4v) is 3.85. The molecule has 0 aliphatic carbocycles. The van der Waals surface area contributed by atoms with Crippen LogP contribution in [0.2, 0.25) is 0 Å². The van der Waals surface area contributed by atoms with E-state index in [1.165, 1.54) is 0 Å². The van der Waals surface area contributed by atoms with Gasteiger partial charge in [-0.1, -0.05) is 0 Å². The summed E-state index contributed by atoms with van der Waals surface area (Å²) in [5.74, 6) is 1.52. The molecule has 9 heteroatoms. The molecule has 0 bridgehead atoms. The highest BCUT2D eigenvalue weighted by Gasteiger charge is 2.15. The molecule has 0 unspecified atom stereocenters. The highest BCUT2D eigenvalue weighted by Crippen LogP contribution is 2.23. The van der Waals surface area contributed by atoms with Crippen LogP contribution < -0.4 is 10.2 Å². The molecular weight excluding hydrogens is 444 g/mol. The Hall–Kier alpha value is -3.04. The van der Waals surface area contributed by atoms with E-state index in [0.29, 0.717) is 5.95 Å². The first-order valence-corrected chi connectivity index (χ1v) is 10.6. The average molecular weight is 465 g/mol. The highest BCUT2D eigenvalue weighted by molar-refractivity contribution is 9.10. The van der Waals surface area contributed by atoms with Gasteiger partial charge in [-0.05, 0) is 53.3 Å². The largest absolute Gasteiger partial charge is 0.354 e. The summed E-state index contributed by atoms with van der Waals surface area (Å²) in [5.41, 5.74) is 3.41. The fraction of sp³-hybridized carbons (Fsp3) is 0.238. The molecule has 5 heterocycles. The minimum atomic E-state index is 0.520. The molecule has 1 N–H and O–H groups in total. The Morgan fingerprint density at radius 1 is 0.933 bits per heavy atom. The SMILES string of the molecule is CN1CCN(c2ccc(Nc3nccc(-c4cnc5ccc(Br)cn45)n3)cn2)CC1. The number of rotatable bonds is 4. The number of hydrogen-bond acceptors (Lipinski definition) is 7. The Bertz CT molecular complexity index is 1170. The normalized spacial score (nSPS) is 14.9. The molecule has 1 aliphatic heterocycles. The van der Waals surface area contributed by atoms with E-state index in [9.17, 15) is 0 Å². The molecule has 0 amide bonds. The number of halogens is 1. The van der Waals surface area contributed by atoms with Crippen molar-refractivity contribution in [3.8, 4) is 11.4 Å². The maximum atomic E-state index is 4.67. The lowest BCUT2D eigenvalue weighted by atomic mass is 10.3. The number of nitrogens with one attached hydrogen (secondary N) is 1. The molecule has 4 aromatic rings. The summed E-state index contributed by atoms with van der Waals surface area (Å²) in [4.78, 5) is 22.7. The van der Waals surface area contributed by atoms with Crippen LogP contribution >= 0.6 is 15.9 Å². The molecular formula is C21H21BrN8. The Labute approximate surface area is 182 Å². The van der Waals surface area contributed by atoms with Crippen LogP contribution in [-0.4, -0.2) is 62.5 Å². The van der Waals surface area contributed by atoms with Crippen LogP contribution in [0.1, 0.15) is 0 Å². The number of likely N-dealkylation sites (N-methyl/N-ethyl adjacent to an activating group) is 1. The van der Waals surface area contributed by atoms with Crippen LogP contribution in [0.4, 0.5) is 17.5 Å². The van der Waals surface area contributed by atoms with Gasteiger partial charge in [0.15, 0.2) is 0 Å². The van der Waals surface area contributed by atoms with Crippen LogP contribution in [0.15, 0.2) is 59.6 Å². The van der Waals surface area contributed by atoms with E-state index in [0.717, 1.165) is 59.2 Å². The number of anilines is 3. The van der Waals surface area contributed by atoms with Gasteiger partial charge in [-0.25, -0.2) is 19.9 Å². The molecule has 1 fully saturated rings. The number of hydrogen-bond donors (Lipinski definition) is 1. The van der Waals surface area contributed by atoms with Crippen LogP contribution in [0.5, 0.6) is 0 Å². The minimum Gasteiger partial charge on any atom is -0.354 e. The lowest BCUT2D eigenvalue weighted by Gasteiger charge is -2.33. The predicted octanol–water partition coefficient (Wildman–Crippen LogP) is 3.44. The monoisotopic (exact) mass is 464 g/mol. The van der Waals surface area contributed by atoms with Crippen molar-refractivity contribution in [2.75, 3.05) is 43.4 Å². The number of pyridine rings is 2. The first-order chi connectivity index (χ1) is 14.7. The van der Waals surface area contributed by atoms with E-state index in [1.54, 1.807) is 6.20 Å². The van der Waals surface area contributed by atoms with Crippen molar-refractivity contribution in [2.24, 2.45) is 0 Å². The van der Waals surface area contributed by atoms with Crippen LogP contribution in [-0.2, 0) is 0 Å². The number of imidazole rings is 1. The van der Waals surface area contributed by atoms with E-state index in [1.807, 2.05) is 53.3 Å². The van der Waals surface area contributed by atoms with Crippen molar-refractivity contribution in [3.05, 3.63) is 59.6 Å². The van der Waals surface area contributed by atoms with Gasteiger partial charge < -0.3 is 15.1 Å². The van der Waals surface area contributed by atoms with Gasteiger partial charge in [0.25, 0.3) is 0 Å². The van der Waals surface area contributed by atoms with Gasteiger partial charge in [0.05, 0.1) is 29.5 Å². The van der Waals surface area contributed by atoms with E-state index in [2.05, 4.69) is 58.0 Å². The lowest BCUT2D eigenvalue weighted by molar-refractivity contribution is 0.312. The summed E-state index contributed by atoms with van der Waals surface area (Å²) < 4.78 is 2.98. The second-order valence-electron chi connectivity index (χ2n) is 7.30. The zero-order valence-electron chi connectivity index (χ0n) is 16.5. The Morgan fingerprint density at radius 2 is 1.80 bits per heavy atom. The van der Waals surface area contributed by atoms with Crippen LogP contribution in [0.25, 0.3) is 17.0 Å². The van der Waals surface area contributed by atoms with E-state index < -0.39 is 0 Å². The average Bonchev–Trinajstić information content (AvgIpc) is 3.18. The Morgan fingerprint density at radius 3 is 2.60 bits per heavy atom. The minimum absolute atomic E-state index is 0.520. The number of fused-ring (bicyclic) bond motifs is 1. The van der Waals surface area contributed by atoms with Crippen molar-refractivity contribution in [3.63, 3.8) is 0 Å². The zero-order valence-corrected chi connectivity index (χ0v) is 18.1. The fourth-order valence-electron chi connectivity index (χ4n) is 3.52. The van der Waals surface area contributed by atoms with E-state index >= 15 is 0 Å². The van der Waals surface area contributed by atoms with Crippen molar-refractivity contribution >= 4 is 39.0 Å². The van der Waals surface area contributed by atoms with E-state index in [-0.39, 0.29) is 0 Å². The van der Waals surface area contributed by atoms with Gasteiger partial charge in [-0.2, -0.15) is 0 Å². The third-order valence-corrected chi connectivity index (χ3v) is 5.69. The maximum Gasteiger partial charge on any atom is 0.227 e. The predicted molar refractivity (Wildman–Crippen MR) is 121 cm³/mol. The quantitative estimate of drug-likeness (QED) is 0.495. The smallest absolute Gasteiger partial charge is 0.227 e. The molecule has 1 aliphatic rings. The number of piperazine rings is 1. The lowest BCUT2D eigenvalue weighted by Crippen LogP contribution is -2.44. The summed E-state index contributed by atoms with van der Waals surface area (Å²) in [5, 5.41) is 3.25. The molecule has 30 heavy (non-hydrogen) atoms. The van der Waals surface area contributed by atoms with Gasteiger partial charge in [0.2, 0.25) is 5.95 Å². The van der Waals surface area contributed by atoms with Crippen LogP contribution in [0.3, 0.4) is 0 Å². The van der Waals surface area contributed by atoms with Gasteiger partial charge in [-0.3, -0.25) is 4.40 Å². The Balaban J connectivity index is 1.35. The van der Waals surface area contributed by atoms with Gasteiger partial charge >= 0.3 is 0 Å². The molecule has 8 nitrogen and oxygen atoms in total. The van der Waals surface area contributed by atoms with Crippen molar-refractivity contribution in [2.45, 2.75) is 0 Å². The molecule has 152 valence electrons. The van der Waals surface area contributed by atoms with Crippen molar-refractivity contribution < 1.29 is 0 Å². The molecule has 0 radical (unpaired) electrons. The molecule has 1 saturated heterocycles. The summed E-state index contributed by atoms with van der Waals surface area (Å²) >= 11 is 3.51. The maximum absolute atomic E-state index is 4.67. The second kappa shape index (κ2) is 8.00. The topological polar surface area (TPSA) is 74.5 Å². The summed E-state index contributed by atoms with van der Waals surface area (Å²) in [6, 6.07) is 9.87. The molecule has 0 aromatic carbocycles. The number of aromatic nitrogens is 5. The van der Waals surface area contributed by atoms with Crippen LogP contribution in [0, 0.1) is 0 Å². The van der Waals surface area contributed by atoms with Crippen molar-refractivity contribution in [1.82, 2.24) is 29.2 Å². The molecule has 4 aromatic heterocycles. The molecule has 0 spiro atoms. The first-order valence-electron chi connectivity index (χ1n) is 9.78. The second-order valence-corrected chi connectivity index (χ2v) is 8.22. The summed E-state index contributed by atoms with van der Waals surface area (Å²) in [6.07, 6.45) is 7.37. The van der Waals surface area contributed by atoms with Gasteiger partial charge in [0.1, 0.15) is 11.5 Å². The first kappa shape index (κ1) is 19.0. The third kappa shape index (κ3) is 3.86. The molecule has 0 saturated carbocycles. The van der Waals surface area contributed by atoms with Gasteiger partial charge in [-0.15, -0.1) is 0 Å². The van der Waals surface area contributed by atoms with Crippen molar-refractivity contribution in [1.29, 1.82) is 0 Å². The standard InChI is InChI=1S/C21H21BrN8/c1-28-8-10-29(11-9-28)19-5-3-16(12-24-19)26-21-23-7-6-17(27-21)18-13-25-20-4-2-15(22)14-30(18)20/h2-7,12-14H,8-11H2,1H3,(H,23,26,27). The van der Waals surface area contributed by atoms with E-state index in [4.69, 9.17) is 0 Å². The highest BCUT2D eigenvalue weighted by atomic mass is 79.9. The molecule has 5 rings (SSSR count). The van der Waals surface area contributed by atoms with Gasteiger partial charge in [0, 0.05) is 43.0 Å². The summed E-state index contributed by atoms with van der Waals surface area (Å²) in [7, 11) is 2.15. The third-order valence-electron chi connectivity index (χ3n) is 5.22. The zero-order chi connectivity index (χ0) is 20.5. The Kier molecular flexibility index (Phi) is 5.06.